The average Bonchev–Trinajstić information content (AvgIpc) is 3.65. The van der Waals surface area contributed by atoms with Crippen LogP contribution >= 0.6 is 0 Å². The number of benzene rings is 2. The average molecular weight is 603 g/mol. The van der Waals surface area contributed by atoms with Crippen molar-refractivity contribution in [3.63, 3.8) is 0 Å². The van der Waals surface area contributed by atoms with Crippen LogP contribution in [0.3, 0.4) is 0 Å². The number of H-pyrrole nitrogens is 1. The molecule has 2 amide bonds. The Bertz CT molecular complexity index is 1720. The number of likely N-dealkylation sites (N-methyl/N-ethyl adjacent to an activating group) is 1. The largest absolute Gasteiger partial charge is 0.358 e. The fraction of sp³-hybridized carbons (Fsp3) is 0.375. The standard InChI is InChI=1S/C32H38N6O4S/c1-21-28(34-22(2)30(21)32(40)33-12-6-13-37-17-15-36(3)16-18-37)20-26-25-19-24(9-10-27(25)35-31(26)39)43(41,42)38-14-11-23-7-4-5-8-29(23)38/h4-5,7-10,19-20,34H,6,11-18H2,1-3H3,(H,33,40)(H,35,39)/b26-20-. The van der Waals surface area contributed by atoms with E-state index in [0.29, 0.717) is 59.0 Å². The highest BCUT2D eigenvalue weighted by atomic mass is 32.2. The molecule has 1 fully saturated rings. The molecule has 1 aromatic heterocycles. The molecule has 11 heteroatoms. The SMILES string of the molecule is Cc1[nH]c(/C=C2\C(=O)Nc3ccc(S(=O)(=O)N4CCc5ccccc54)cc32)c(C)c1C(=O)NCCCN1CCN(C)CC1. The topological polar surface area (TPSA) is 118 Å². The third-order valence-electron chi connectivity index (χ3n) is 8.73. The molecule has 0 bridgehead atoms. The van der Waals surface area contributed by atoms with Crippen LogP contribution < -0.4 is 14.9 Å². The predicted molar refractivity (Wildman–Crippen MR) is 169 cm³/mol. The number of aryl methyl sites for hydroxylation is 1. The van der Waals surface area contributed by atoms with Crippen LogP contribution in [0, 0.1) is 13.8 Å². The zero-order valence-corrected chi connectivity index (χ0v) is 25.7. The van der Waals surface area contributed by atoms with Gasteiger partial charge in [-0.3, -0.25) is 13.9 Å². The number of nitrogens with one attached hydrogen (secondary N) is 3. The molecule has 0 atom stereocenters. The maximum atomic E-state index is 13.7. The third kappa shape index (κ3) is 5.60. The van der Waals surface area contributed by atoms with Crippen molar-refractivity contribution < 1.29 is 18.0 Å². The smallest absolute Gasteiger partial charge is 0.264 e. The first-order valence-corrected chi connectivity index (χ1v) is 16.2. The Labute approximate surface area is 252 Å². The first kappa shape index (κ1) is 29.2. The van der Waals surface area contributed by atoms with Crippen LogP contribution in [0.2, 0.25) is 0 Å². The number of rotatable bonds is 8. The molecule has 226 valence electrons. The predicted octanol–water partition coefficient (Wildman–Crippen LogP) is 3.24. The molecule has 0 unspecified atom stereocenters. The second kappa shape index (κ2) is 11.6. The van der Waals surface area contributed by atoms with Gasteiger partial charge in [-0.05, 0) is 81.7 Å². The van der Waals surface area contributed by atoms with Gasteiger partial charge in [0.15, 0.2) is 0 Å². The zero-order chi connectivity index (χ0) is 30.3. The highest BCUT2D eigenvalue weighted by Gasteiger charge is 2.33. The second-order valence-electron chi connectivity index (χ2n) is 11.6. The monoisotopic (exact) mass is 602 g/mol. The highest BCUT2D eigenvalue weighted by molar-refractivity contribution is 7.92. The molecule has 10 nitrogen and oxygen atoms in total. The lowest BCUT2D eigenvalue weighted by Crippen LogP contribution is -2.45. The molecule has 3 aliphatic rings. The molecule has 0 aliphatic carbocycles. The van der Waals surface area contributed by atoms with Crippen molar-refractivity contribution in [1.82, 2.24) is 20.1 Å². The van der Waals surface area contributed by atoms with Gasteiger partial charge in [0.25, 0.3) is 21.8 Å². The van der Waals surface area contributed by atoms with Crippen molar-refractivity contribution in [3.8, 4) is 0 Å². The van der Waals surface area contributed by atoms with E-state index in [1.165, 1.54) is 10.4 Å². The van der Waals surface area contributed by atoms with Crippen molar-refractivity contribution in [3.05, 3.63) is 76.1 Å². The maximum absolute atomic E-state index is 13.7. The highest BCUT2D eigenvalue weighted by Crippen LogP contribution is 2.38. The van der Waals surface area contributed by atoms with E-state index >= 15 is 0 Å². The van der Waals surface area contributed by atoms with Crippen LogP contribution in [0.4, 0.5) is 11.4 Å². The summed E-state index contributed by atoms with van der Waals surface area (Å²) in [5.41, 5.74) is 5.75. The Morgan fingerprint density at radius 1 is 1.05 bits per heavy atom. The first-order valence-electron chi connectivity index (χ1n) is 14.8. The summed E-state index contributed by atoms with van der Waals surface area (Å²) in [6.45, 7) is 9.85. The molecule has 2 aromatic carbocycles. The Kier molecular flexibility index (Phi) is 7.89. The van der Waals surface area contributed by atoms with E-state index < -0.39 is 10.0 Å². The summed E-state index contributed by atoms with van der Waals surface area (Å²) in [6.07, 6.45) is 3.23. The molecular formula is C32H38N6O4S. The van der Waals surface area contributed by atoms with E-state index in [9.17, 15) is 18.0 Å². The number of aromatic nitrogens is 1. The summed E-state index contributed by atoms with van der Waals surface area (Å²) in [4.78, 5) is 34.3. The number of sulfonamides is 1. The number of fused-ring (bicyclic) bond motifs is 2. The summed E-state index contributed by atoms with van der Waals surface area (Å²) in [5.74, 6) is -0.470. The van der Waals surface area contributed by atoms with Gasteiger partial charge in [0.05, 0.1) is 21.7 Å². The van der Waals surface area contributed by atoms with E-state index in [4.69, 9.17) is 0 Å². The number of aromatic amines is 1. The Morgan fingerprint density at radius 2 is 1.81 bits per heavy atom. The molecule has 0 saturated carbocycles. The van der Waals surface area contributed by atoms with Crippen molar-refractivity contribution in [2.75, 3.05) is 62.5 Å². The Balaban J connectivity index is 1.20. The molecule has 0 spiro atoms. The Morgan fingerprint density at radius 3 is 2.60 bits per heavy atom. The van der Waals surface area contributed by atoms with Gasteiger partial charge in [-0.1, -0.05) is 18.2 Å². The van der Waals surface area contributed by atoms with Gasteiger partial charge in [0, 0.05) is 61.9 Å². The summed E-state index contributed by atoms with van der Waals surface area (Å²) in [5, 5.41) is 5.89. The number of anilines is 2. The fourth-order valence-corrected chi connectivity index (χ4v) is 7.75. The number of carbonyl (C=O) groups excluding carboxylic acids is 2. The van der Waals surface area contributed by atoms with E-state index in [2.05, 4.69) is 32.5 Å². The molecule has 6 rings (SSSR count). The number of nitrogens with zero attached hydrogens (tertiary/aromatic N) is 3. The zero-order valence-electron chi connectivity index (χ0n) is 24.9. The van der Waals surface area contributed by atoms with Gasteiger partial charge >= 0.3 is 0 Å². The number of para-hydroxylation sites is 1. The molecule has 0 radical (unpaired) electrons. The molecule has 1 saturated heterocycles. The summed E-state index contributed by atoms with van der Waals surface area (Å²) < 4.78 is 28.8. The normalized spacial score (nSPS) is 18.2. The molecule has 4 heterocycles. The lowest BCUT2D eigenvalue weighted by molar-refractivity contribution is -0.110. The number of hydrogen-bond acceptors (Lipinski definition) is 6. The van der Waals surface area contributed by atoms with Crippen molar-refractivity contribution in [2.45, 2.75) is 31.6 Å². The second-order valence-corrected chi connectivity index (χ2v) is 13.5. The van der Waals surface area contributed by atoms with Crippen LogP contribution in [-0.2, 0) is 21.2 Å². The third-order valence-corrected chi connectivity index (χ3v) is 10.5. The first-order chi connectivity index (χ1) is 20.6. The molecule has 3 aliphatic heterocycles. The number of piperazine rings is 1. The summed E-state index contributed by atoms with van der Waals surface area (Å²) >= 11 is 0. The Hall–Kier alpha value is -3.93. The lowest BCUT2D eigenvalue weighted by atomic mass is 10.0. The minimum Gasteiger partial charge on any atom is -0.358 e. The van der Waals surface area contributed by atoms with Gasteiger partial charge in [-0.2, -0.15) is 0 Å². The fourth-order valence-electron chi connectivity index (χ4n) is 6.22. The number of carbonyl (C=O) groups is 2. The lowest BCUT2D eigenvalue weighted by Gasteiger charge is -2.32. The number of amides is 2. The molecule has 43 heavy (non-hydrogen) atoms. The van der Waals surface area contributed by atoms with Gasteiger partial charge in [-0.15, -0.1) is 0 Å². The van der Waals surface area contributed by atoms with E-state index in [1.807, 2.05) is 38.1 Å². The van der Waals surface area contributed by atoms with Gasteiger partial charge < -0.3 is 25.4 Å². The summed E-state index contributed by atoms with van der Waals surface area (Å²) in [7, 11) is -1.69. The minimum absolute atomic E-state index is 0.126. The van der Waals surface area contributed by atoms with Crippen LogP contribution in [0.5, 0.6) is 0 Å². The van der Waals surface area contributed by atoms with Crippen molar-refractivity contribution >= 4 is 44.9 Å². The van der Waals surface area contributed by atoms with E-state index in [1.54, 1.807) is 18.2 Å². The number of hydrogen-bond donors (Lipinski definition) is 3. The maximum Gasteiger partial charge on any atom is 0.264 e. The van der Waals surface area contributed by atoms with Gasteiger partial charge in [0.1, 0.15) is 0 Å². The van der Waals surface area contributed by atoms with Crippen LogP contribution in [0.25, 0.3) is 11.6 Å². The summed E-state index contributed by atoms with van der Waals surface area (Å²) in [6, 6.07) is 12.2. The quantitative estimate of drug-likeness (QED) is 0.269. The minimum atomic E-state index is -3.83. The van der Waals surface area contributed by atoms with Crippen molar-refractivity contribution in [1.29, 1.82) is 0 Å². The molecular weight excluding hydrogens is 564 g/mol. The van der Waals surface area contributed by atoms with Crippen molar-refractivity contribution in [2.24, 2.45) is 0 Å². The van der Waals surface area contributed by atoms with E-state index in [-0.39, 0.29) is 16.7 Å². The van der Waals surface area contributed by atoms with Gasteiger partial charge in [0.2, 0.25) is 0 Å². The van der Waals surface area contributed by atoms with Crippen LogP contribution in [0.1, 0.15) is 44.9 Å². The molecule has 3 aromatic rings. The molecule has 3 N–H and O–H groups in total. The van der Waals surface area contributed by atoms with E-state index in [0.717, 1.165) is 50.3 Å². The van der Waals surface area contributed by atoms with Crippen LogP contribution in [-0.4, -0.2) is 87.9 Å². The van der Waals surface area contributed by atoms with Crippen LogP contribution in [0.15, 0.2) is 47.4 Å². The van der Waals surface area contributed by atoms with Gasteiger partial charge in [-0.25, -0.2) is 8.42 Å².